The van der Waals surface area contributed by atoms with Gasteiger partial charge in [0, 0.05) is 0 Å². The zero-order valence-electron chi connectivity index (χ0n) is 10.2. The summed E-state index contributed by atoms with van der Waals surface area (Å²) in [6.07, 6.45) is 0. The molecule has 0 aliphatic carbocycles. The smallest absolute Gasteiger partial charge is 0.184 e. The number of aromatic amines is 1. The van der Waals surface area contributed by atoms with Gasteiger partial charge in [-0.1, -0.05) is 0 Å². The van der Waals surface area contributed by atoms with Crippen molar-refractivity contribution >= 4 is 0 Å². The van der Waals surface area contributed by atoms with Gasteiger partial charge in [0.25, 0.3) is 0 Å². The highest BCUT2D eigenvalue weighted by Crippen LogP contribution is 2.30. The van der Waals surface area contributed by atoms with Crippen LogP contribution in [0.25, 0.3) is 11.4 Å². The van der Waals surface area contributed by atoms with E-state index in [1.54, 1.807) is 7.11 Å². The fraction of sp³-hybridized carbons (Fsp3) is 0.333. The molecule has 0 bridgehead atoms. The predicted octanol–water partition coefficient (Wildman–Crippen LogP) is 1.56. The van der Waals surface area contributed by atoms with Gasteiger partial charge in [-0.25, -0.2) is 4.98 Å². The van der Waals surface area contributed by atoms with Crippen molar-refractivity contribution in [2.45, 2.75) is 20.4 Å². The molecule has 0 aliphatic rings. The van der Waals surface area contributed by atoms with Crippen LogP contribution < -0.4 is 10.5 Å². The molecule has 0 atom stereocenters. The van der Waals surface area contributed by atoms with E-state index in [4.69, 9.17) is 10.5 Å². The minimum atomic E-state index is 0.347. The van der Waals surface area contributed by atoms with E-state index in [0.29, 0.717) is 18.2 Å². The van der Waals surface area contributed by atoms with Crippen molar-refractivity contribution in [3.05, 3.63) is 29.1 Å². The summed E-state index contributed by atoms with van der Waals surface area (Å²) in [5, 5.41) is 6.94. The number of nitrogens with zero attached hydrogens (tertiary/aromatic N) is 2. The Morgan fingerprint density at radius 1 is 1.29 bits per heavy atom. The second-order valence-electron chi connectivity index (χ2n) is 3.95. The molecule has 1 heterocycles. The fourth-order valence-corrected chi connectivity index (χ4v) is 1.64. The van der Waals surface area contributed by atoms with Gasteiger partial charge >= 0.3 is 0 Å². The van der Waals surface area contributed by atoms with Crippen molar-refractivity contribution in [2.75, 3.05) is 7.11 Å². The number of rotatable bonds is 3. The average Bonchev–Trinajstić information content (AvgIpc) is 2.80. The molecule has 0 amide bonds. The standard InChI is InChI=1S/C12H16N4O/c1-7-4-9(10(17-3)5-8(7)2)12-14-11(6-13)15-16-12/h4-5H,6,13H2,1-3H3,(H,14,15,16). The number of H-pyrrole nitrogens is 1. The summed E-state index contributed by atoms with van der Waals surface area (Å²) < 4.78 is 5.35. The molecule has 0 aliphatic heterocycles. The average molecular weight is 232 g/mol. The first-order chi connectivity index (χ1) is 8.15. The number of benzene rings is 1. The van der Waals surface area contributed by atoms with Gasteiger partial charge in [0.05, 0.1) is 19.2 Å². The SMILES string of the molecule is COc1cc(C)c(C)cc1-c1n[nH]c(CN)n1. The number of aryl methyl sites for hydroxylation is 2. The highest BCUT2D eigenvalue weighted by atomic mass is 16.5. The number of ether oxygens (including phenoxy) is 1. The zero-order chi connectivity index (χ0) is 12.4. The quantitative estimate of drug-likeness (QED) is 0.841. The van der Waals surface area contributed by atoms with Crippen LogP contribution in [-0.2, 0) is 6.54 Å². The van der Waals surface area contributed by atoms with E-state index in [2.05, 4.69) is 22.1 Å². The number of aromatic nitrogens is 3. The molecule has 1 aromatic heterocycles. The van der Waals surface area contributed by atoms with Crippen LogP contribution in [0.3, 0.4) is 0 Å². The summed E-state index contributed by atoms with van der Waals surface area (Å²) in [7, 11) is 1.64. The Labute approximate surface area is 100 Å². The summed E-state index contributed by atoms with van der Waals surface area (Å²) in [4.78, 5) is 4.31. The van der Waals surface area contributed by atoms with Crippen molar-refractivity contribution in [3.8, 4) is 17.1 Å². The van der Waals surface area contributed by atoms with Gasteiger partial charge in [0.15, 0.2) is 5.82 Å². The number of methoxy groups -OCH3 is 1. The van der Waals surface area contributed by atoms with Crippen LogP contribution >= 0.6 is 0 Å². The zero-order valence-corrected chi connectivity index (χ0v) is 10.2. The van der Waals surface area contributed by atoms with Crippen molar-refractivity contribution in [2.24, 2.45) is 5.73 Å². The summed E-state index contributed by atoms with van der Waals surface area (Å²) in [5.41, 5.74) is 8.74. The summed E-state index contributed by atoms with van der Waals surface area (Å²) in [6, 6.07) is 4.01. The molecule has 0 spiro atoms. The summed E-state index contributed by atoms with van der Waals surface area (Å²) in [6.45, 7) is 4.44. The Balaban J connectivity index is 2.53. The largest absolute Gasteiger partial charge is 0.496 e. The minimum Gasteiger partial charge on any atom is -0.496 e. The third-order valence-electron chi connectivity index (χ3n) is 2.78. The number of nitrogens with one attached hydrogen (secondary N) is 1. The van der Waals surface area contributed by atoms with Crippen molar-refractivity contribution < 1.29 is 4.74 Å². The first kappa shape index (κ1) is 11.6. The molecule has 2 rings (SSSR count). The van der Waals surface area contributed by atoms with Gasteiger partial charge in [0.2, 0.25) is 0 Å². The number of hydrogen-bond acceptors (Lipinski definition) is 4. The molecule has 0 saturated carbocycles. The Hall–Kier alpha value is -1.88. The maximum atomic E-state index is 5.50. The Morgan fingerprint density at radius 2 is 2.00 bits per heavy atom. The van der Waals surface area contributed by atoms with E-state index in [0.717, 1.165) is 11.3 Å². The van der Waals surface area contributed by atoms with Gasteiger partial charge in [-0.2, -0.15) is 5.10 Å². The van der Waals surface area contributed by atoms with Crippen LogP contribution in [0.1, 0.15) is 17.0 Å². The fourth-order valence-electron chi connectivity index (χ4n) is 1.64. The monoisotopic (exact) mass is 232 g/mol. The van der Waals surface area contributed by atoms with E-state index >= 15 is 0 Å². The van der Waals surface area contributed by atoms with Crippen LogP contribution in [0.2, 0.25) is 0 Å². The highest BCUT2D eigenvalue weighted by Gasteiger charge is 2.12. The first-order valence-corrected chi connectivity index (χ1v) is 5.42. The third-order valence-corrected chi connectivity index (χ3v) is 2.78. The van der Waals surface area contributed by atoms with E-state index in [1.165, 1.54) is 11.1 Å². The molecule has 5 heteroatoms. The molecule has 0 radical (unpaired) electrons. The molecular formula is C12H16N4O. The van der Waals surface area contributed by atoms with Crippen molar-refractivity contribution in [1.82, 2.24) is 15.2 Å². The lowest BCUT2D eigenvalue weighted by molar-refractivity contribution is 0.415. The summed E-state index contributed by atoms with van der Waals surface area (Å²) in [5.74, 6) is 2.06. The van der Waals surface area contributed by atoms with E-state index < -0.39 is 0 Å². The van der Waals surface area contributed by atoms with Gasteiger partial charge in [-0.15, -0.1) is 0 Å². The molecule has 0 unspecified atom stereocenters. The normalized spacial score (nSPS) is 10.6. The second-order valence-corrected chi connectivity index (χ2v) is 3.95. The van der Waals surface area contributed by atoms with Crippen LogP contribution in [-0.4, -0.2) is 22.3 Å². The number of nitrogens with two attached hydrogens (primary N) is 1. The van der Waals surface area contributed by atoms with Crippen LogP contribution in [0.4, 0.5) is 0 Å². The van der Waals surface area contributed by atoms with E-state index in [-0.39, 0.29) is 0 Å². The van der Waals surface area contributed by atoms with E-state index in [9.17, 15) is 0 Å². The third kappa shape index (κ3) is 2.14. The molecule has 0 fully saturated rings. The van der Waals surface area contributed by atoms with E-state index in [1.807, 2.05) is 19.1 Å². The maximum absolute atomic E-state index is 5.50. The molecule has 3 N–H and O–H groups in total. The van der Waals surface area contributed by atoms with Crippen molar-refractivity contribution in [3.63, 3.8) is 0 Å². The molecule has 1 aromatic carbocycles. The maximum Gasteiger partial charge on any atom is 0.184 e. The van der Waals surface area contributed by atoms with Gasteiger partial charge in [-0.05, 0) is 37.1 Å². The van der Waals surface area contributed by atoms with Gasteiger partial charge in [-0.3, -0.25) is 5.10 Å². The van der Waals surface area contributed by atoms with Gasteiger partial charge in [0.1, 0.15) is 11.6 Å². The van der Waals surface area contributed by atoms with Crippen LogP contribution in [0, 0.1) is 13.8 Å². The molecule has 5 nitrogen and oxygen atoms in total. The first-order valence-electron chi connectivity index (χ1n) is 5.42. The molecule has 0 saturated heterocycles. The molecule has 90 valence electrons. The predicted molar refractivity (Wildman–Crippen MR) is 65.7 cm³/mol. The molecule has 17 heavy (non-hydrogen) atoms. The number of hydrogen-bond donors (Lipinski definition) is 2. The van der Waals surface area contributed by atoms with Crippen molar-refractivity contribution in [1.29, 1.82) is 0 Å². The lowest BCUT2D eigenvalue weighted by Gasteiger charge is -2.09. The van der Waals surface area contributed by atoms with Crippen LogP contribution in [0.5, 0.6) is 5.75 Å². The van der Waals surface area contributed by atoms with Gasteiger partial charge < -0.3 is 10.5 Å². The second kappa shape index (κ2) is 4.55. The Kier molecular flexibility index (Phi) is 3.10. The Morgan fingerprint density at radius 3 is 2.59 bits per heavy atom. The summed E-state index contributed by atoms with van der Waals surface area (Å²) >= 11 is 0. The Bertz CT molecular complexity index is 533. The van der Waals surface area contributed by atoms with Crippen LogP contribution in [0.15, 0.2) is 12.1 Å². The topological polar surface area (TPSA) is 76.8 Å². The highest BCUT2D eigenvalue weighted by molar-refractivity contribution is 5.66. The lowest BCUT2D eigenvalue weighted by atomic mass is 10.0. The lowest BCUT2D eigenvalue weighted by Crippen LogP contribution is -1.98. The molecular weight excluding hydrogens is 216 g/mol. The molecule has 2 aromatic rings. The minimum absolute atomic E-state index is 0.347.